The fraction of sp³-hybridized carbons (Fsp3) is 0.286. The quantitative estimate of drug-likeness (QED) is 0.298. The lowest BCUT2D eigenvalue weighted by atomic mass is 10.1. The number of alkyl halides is 3. The van der Waals surface area contributed by atoms with E-state index >= 15 is 0 Å². The van der Waals surface area contributed by atoms with Crippen molar-refractivity contribution in [2.24, 2.45) is 0 Å². The molecule has 5 rings (SSSR count). The number of aliphatic hydroxyl groups excluding tert-OH is 1. The summed E-state index contributed by atoms with van der Waals surface area (Å²) in [6.07, 6.45) is -2.40. The second-order valence-electron chi connectivity index (χ2n) is 9.65. The van der Waals surface area contributed by atoms with E-state index in [-0.39, 0.29) is 42.9 Å². The van der Waals surface area contributed by atoms with Crippen molar-refractivity contribution in [1.29, 1.82) is 0 Å². The van der Waals surface area contributed by atoms with Gasteiger partial charge in [0.05, 0.1) is 42.8 Å². The van der Waals surface area contributed by atoms with Gasteiger partial charge in [-0.25, -0.2) is 13.1 Å². The number of halogens is 3. The van der Waals surface area contributed by atoms with Crippen molar-refractivity contribution in [3.8, 4) is 11.5 Å². The zero-order valence-corrected chi connectivity index (χ0v) is 22.9. The molecule has 0 bridgehead atoms. The van der Waals surface area contributed by atoms with Crippen LogP contribution in [0.3, 0.4) is 0 Å². The Morgan fingerprint density at radius 3 is 2.56 bits per heavy atom. The number of benzene rings is 3. The van der Waals surface area contributed by atoms with Crippen LogP contribution in [0, 0.1) is 0 Å². The molecule has 0 unspecified atom stereocenters. The summed E-state index contributed by atoms with van der Waals surface area (Å²) in [4.78, 5) is -0.0715. The van der Waals surface area contributed by atoms with E-state index in [2.05, 4.69) is 15.6 Å². The molecule has 1 aliphatic rings. The topological polar surface area (TPSA) is 110 Å². The van der Waals surface area contributed by atoms with E-state index in [1.165, 1.54) is 21.3 Å². The van der Waals surface area contributed by atoms with Gasteiger partial charge in [-0.2, -0.15) is 17.5 Å². The molecule has 0 saturated heterocycles. The average molecular weight is 588 g/mol. The summed E-state index contributed by atoms with van der Waals surface area (Å²) in [5, 5.41) is 21.0. The third-order valence-electron chi connectivity index (χ3n) is 6.71. The van der Waals surface area contributed by atoms with Gasteiger partial charge in [0.2, 0.25) is 10.0 Å². The highest BCUT2D eigenvalue weighted by molar-refractivity contribution is 7.89. The summed E-state index contributed by atoms with van der Waals surface area (Å²) in [5.41, 5.74) is 0.852. The van der Waals surface area contributed by atoms with E-state index < -0.39 is 21.8 Å². The maximum Gasteiger partial charge on any atom is 0.416 e. The molecule has 0 amide bonds. The number of aromatic nitrogens is 3. The molecule has 13 heteroatoms. The molecule has 0 aliphatic carbocycles. The minimum absolute atomic E-state index is 0.0238. The van der Waals surface area contributed by atoms with Gasteiger partial charge in [-0.05, 0) is 42.3 Å². The number of nitrogens with one attached hydrogen (secondary N) is 1. The Bertz CT molecular complexity index is 1640. The van der Waals surface area contributed by atoms with E-state index in [9.17, 15) is 26.7 Å². The molecule has 1 aliphatic heterocycles. The summed E-state index contributed by atoms with van der Waals surface area (Å²) in [6, 6.07) is 16.5. The molecule has 1 aromatic heterocycles. The first-order valence-electron chi connectivity index (χ1n) is 12.9. The molecule has 0 fully saturated rings. The molecular weight excluding hydrogens is 559 g/mol. The number of sulfonamides is 1. The van der Waals surface area contributed by atoms with Crippen molar-refractivity contribution < 1.29 is 31.4 Å². The number of anilines is 1. The molecule has 0 radical (unpaired) electrons. The highest BCUT2D eigenvalue weighted by atomic mass is 32.2. The average Bonchev–Trinajstić information content (AvgIpc) is 3.38. The molecule has 2 N–H and O–H groups in total. The van der Waals surface area contributed by atoms with E-state index in [4.69, 9.17) is 4.74 Å². The fourth-order valence-corrected chi connectivity index (χ4v) is 6.21. The van der Waals surface area contributed by atoms with Crippen molar-refractivity contribution in [2.45, 2.75) is 50.1 Å². The van der Waals surface area contributed by atoms with Crippen LogP contribution in [0.15, 0.2) is 77.8 Å². The number of hydrogen-bond donors (Lipinski definition) is 2. The molecule has 4 aromatic rings. The summed E-state index contributed by atoms with van der Waals surface area (Å²) < 4.78 is 76.5. The standard InChI is InChI=1S/C28H28F3N5O4S/c1-2-22(18-37)32-24-10-6-12-26-27(24)41(38,39)36(15-20-8-3-4-11-25(20)40-26)17-23-16-35(34-33-23)14-19-7-5-9-21(13-19)28(29,30)31/h3-13,16,22,32,37H,2,14-15,17-18H2,1H3/t22-/m0/s1. The van der Waals surface area contributed by atoms with Crippen molar-refractivity contribution in [1.82, 2.24) is 19.3 Å². The zero-order valence-electron chi connectivity index (χ0n) is 22.0. The molecule has 3 aromatic carbocycles. The van der Waals surface area contributed by atoms with Gasteiger partial charge in [0.1, 0.15) is 16.4 Å². The predicted octanol–water partition coefficient (Wildman–Crippen LogP) is 5.02. The molecule has 0 spiro atoms. The third-order valence-corrected chi connectivity index (χ3v) is 8.59. The van der Waals surface area contributed by atoms with Crippen LogP contribution in [0.2, 0.25) is 0 Å². The van der Waals surface area contributed by atoms with Gasteiger partial charge < -0.3 is 15.2 Å². The zero-order chi connectivity index (χ0) is 29.2. The lowest BCUT2D eigenvalue weighted by molar-refractivity contribution is -0.137. The molecule has 2 heterocycles. The second-order valence-corrected chi connectivity index (χ2v) is 11.5. The molecule has 9 nitrogen and oxygen atoms in total. The minimum Gasteiger partial charge on any atom is -0.456 e. The fourth-order valence-electron chi connectivity index (χ4n) is 4.57. The van der Waals surface area contributed by atoms with Crippen molar-refractivity contribution in [3.05, 3.63) is 95.3 Å². The number of para-hydroxylation sites is 1. The summed E-state index contributed by atoms with van der Waals surface area (Å²) in [7, 11) is -4.19. The van der Waals surface area contributed by atoms with Gasteiger partial charge in [-0.15, -0.1) is 5.10 Å². The van der Waals surface area contributed by atoms with Crippen LogP contribution in [0.25, 0.3) is 0 Å². The van der Waals surface area contributed by atoms with E-state index in [0.29, 0.717) is 34.7 Å². The number of ether oxygens (including phenoxy) is 1. The van der Waals surface area contributed by atoms with Crippen molar-refractivity contribution in [3.63, 3.8) is 0 Å². The van der Waals surface area contributed by atoms with Crippen LogP contribution < -0.4 is 10.1 Å². The molecular formula is C28H28F3N5O4S. The van der Waals surface area contributed by atoms with Crippen LogP contribution in [0.1, 0.15) is 35.7 Å². The van der Waals surface area contributed by atoms with E-state index in [0.717, 1.165) is 12.1 Å². The minimum atomic E-state index is -4.47. The van der Waals surface area contributed by atoms with Gasteiger partial charge in [-0.3, -0.25) is 0 Å². The summed E-state index contributed by atoms with van der Waals surface area (Å²) in [5.74, 6) is 0.626. The normalized spacial score (nSPS) is 15.6. The smallest absolute Gasteiger partial charge is 0.416 e. The monoisotopic (exact) mass is 587 g/mol. The Hall–Kier alpha value is -3.94. The van der Waals surface area contributed by atoms with Crippen LogP contribution in [-0.2, 0) is 35.8 Å². The molecule has 41 heavy (non-hydrogen) atoms. The van der Waals surface area contributed by atoms with Gasteiger partial charge in [0, 0.05) is 18.2 Å². The summed E-state index contributed by atoms with van der Waals surface area (Å²) in [6.45, 7) is 1.53. The van der Waals surface area contributed by atoms with Crippen molar-refractivity contribution in [2.75, 3.05) is 11.9 Å². The predicted molar refractivity (Wildman–Crippen MR) is 145 cm³/mol. The number of fused-ring (bicyclic) bond motifs is 2. The Morgan fingerprint density at radius 2 is 1.80 bits per heavy atom. The van der Waals surface area contributed by atoms with E-state index in [1.54, 1.807) is 48.5 Å². The Balaban J connectivity index is 1.49. The molecule has 216 valence electrons. The van der Waals surface area contributed by atoms with E-state index in [1.807, 2.05) is 6.92 Å². The maximum atomic E-state index is 14.2. The highest BCUT2D eigenvalue weighted by Crippen LogP contribution is 2.41. The summed E-state index contributed by atoms with van der Waals surface area (Å²) >= 11 is 0. The lowest BCUT2D eigenvalue weighted by Crippen LogP contribution is -2.33. The van der Waals surface area contributed by atoms with Gasteiger partial charge in [0.15, 0.2) is 0 Å². The third kappa shape index (κ3) is 6.21. The van der Waals surface area contributed by atoms with Crippen LogP contribution >= 0.6 is 0 Å². The Kier molecular flexibility index (Phi) is 8.02. The number of hydrogen-bond acceptors (Lipinski definition) is 7. The van der Waals surface area contributed by atoms with Gasteiger partial charge >= 0.3 is 6.18 Å². The largest absolute Gasteiger partial charge is 0.456 e. The van der Waals surface area contributed by atoms with Gasteiger partial charge in [-0.1, -0.05) is 48.5 Å². The number of rotatable bonds is 8. The SMILES string of the molecule is CC[C@@H](CO)Nc1cccc2c1S(=O)(=O)N(Cc1cn(Cc3cccc(C(F)(F)F)c3)nn1)Cc1ccccc1O2. The lowest BCUT2D eigenvalue weighted by Gasteiger charge is -2.29. The maximum absolute atomic E-state index is 14.2. The first kappa shape index (κ1) is 28.6. The molecule has 1 atom stereocenters. The first-order valence-corrected chi connectivity index (χ1v) is 14.3. The first-order chi connectivity index (χ1) is 19.6. The highest BCUT2D eigenvalue weighted by Gasteiger charge is 2.35. The van der Waals surface area contributed by atoms with Crippen LogP contribution in [0.4, 0.5) is 18.9 Å². The van der Waals surface area contributed by atoms with Gasteiger partial charge in [0.25, 0.3) is 0 Å². The number of nitrogens with zero attached hydrogens (tertiary/aromatic N) is 4. The second kappa shape index (κ2) is 11.5. The Labute approximate surface area is 235 Å². The van der Waals surface area contributed by atoms with Crippen LogP contribution in [0.5, 0.6) is 11.5 Å². The van der Waals surface area contributed by atoms with Crippen molar-refractivity contribution >= 4 is 15.7 Å². The molecule has 0 saturated carbocycles. The number of aliphatic hydroxyl groups is 1. The Morgan fingerprint density at radius 1 is 1.05 bits per heavy atom. The van der Waals surface area contributed by atoms with Crippen LogP contribution in [-0.4, -0.2) is 45.5 Å².